The van der Waals surface area contributed by atoms with Crippen molar-refractivity contribution in [3.63, 3.8) is 0 Å². The summed E-state index contributed by atoms with van der Waals surface area (Å²) in [6.07, 6.45) is -1.51. The SMILES string of the molecule is COC(=O)Nc1cc(C(F)(F)F)c(-c2nc(N3CCOCC3)c3cc(CN4CC5(C4)CN(C(=O)CNC(=O)C=C(C)C)C5)cn3n2)cn1. The average molecular weight is 672 g/mol. The second-order valence-electron chi connectivity index (χ2n) is 12.6. The van der Waals surface area contributed by atoms with Crippen LogP contribution in [0, 0.1) is 5.41 Å². The van der Waals surface area contributed by atoms with Crippen molar-refractivity contribution >= 4 is 35.1 Å². The Balaban J connectivity index is 1.19. The van der Waals surface area contributed by atoms with Crippen molar-refractivity contribution in [1.29, 1.82) is 0 Å². The Hall–Kier alpha value is -4.77. The van der Waals surface area contributed by atoms with Crippen LogP contribution in [0.15, 0.2) is 36.2 Å². The van der Waals surface area contributed by atoms with Gasteiger partial charge in [-0.1, -0.05) is 5.57 Å². The van der Waals surface area contributed by atoms with Crippen LogP contribution in [0.2, 0.25) is 0 Å². The normalized spacial score (nSPS) is 17.5. The number of fused-ring (bicyclic) bond motifs is 1. The van der Waals surface area contributed by atoms with Crippen LogP contribution in [0.5, 0.6) is 0 Å². The van der Waals surface area contributed by atoms with Crippen molar-refractivity contribution in [2.24, 2.45) is 5.41 Å². The Morgan fingerprint density at radius 3 is 2.50 bits per heavy atom. The maximum absolute atomic E-state index is 14.3. The molecule has 3 aliphatic heterocycles. The van der Waals surface area contributed by atoms with Crippen LogP contribution in [0.25, 0.3) is 16.9 Å². The first-order valence-electron chi connectivity index (χ1n) is 15.4. The summed E-state index contributed by atoms with van der Waals surface area (Å²) in [5.41, 5.74) is 1.03. The molecule has 3 amide bonds. The number of aromatic nitrogens is 4. The molecule has 3 saturated heterocycles. The van der Waals surface area contributed by atoms with E-state index in [1.165, 1.54) is 6.08 Å². The fourth-order valence-corrected chi connectivity index (χ4v) is 6.34. The molecule has 14 nitrogen and oxygen atoms in total. The van der Waals surface area contributed by atoms with Crippen molar-refractivity contribution in [3.8, 4) is 11.4 Å². The molecule has 0 saturated carbocycles. The second-order valence-corrected chi connectivity index (χ2v) is 12.6. The van der Waals surface area contributed by atoms with E-state index >= 15 is 0 Å². The number of morpholine rings is 1. The topological polar surface area (TPSA) is 147 Å². The number of nitrogens with zero attached hydrogens (tertiary/aromatic N) is 7. The van der Waals surface area contributed by atoms with E-state index in [0.29, 0.717) is 57.3 Å². The first-order valence-corrected chi connectivity index (χ1v) is 15.4. The van der Waals surface area contributed by atoms with Crippen LogP contribution in [-0.4, -0.2) is 113 Å². The zero-order chi connectivity index (χ0) is 34.2. The Morgan fingerprint density at radius 1 is 1.10 bits per heavy atom. The van der Waals surface area contributed by atoms with Crippen molar-refractivity contribution in [3.05, 3.63) is 47.3 Å². The monoisotopic (exact) mass is 671 g/mol. The first-order chi connectivity index (χ1) is 22.8. The Kier molecular flexibility index (Phi) is 9.00. The van der Waals surface area contributed by atoms with E-state index in [1.807, 2.05) is 24.8 Å². The highest BCUT2D eigenvalue weighted by molar-refractivity contribution is 5.91. The van der Waals surface area contributed by atoms with Crippen LogP contribution < -0.4 is 15.5 Å². The standard InChI is InChI=1S/C31H36F3N9O5/c1-19(2)8-25(44)36-12-26(45)42-17-30(18-42)15-40(16-30)13-20-9-23-28(41-4-6-48-7-5-41)38-27(39-43(23)14-20)21-11-35-24(37-29(46)47-3)10-22(21)31(32,33)34/h8-11,14H,4-7,12-13,15-18H2,1-3H3,(H,36,44)(H,35,37,46). The highest BCUT2D eigenvalue weighted by Gasteiger charge is 2.52. The Labute approximate surface area is 273 Å². The van der Waals surface area contributed by atoms with Gasteiger partial charge in [-0.3, -0.25) is 19.8 Å². The zero-order valence-electron chi connectivity index (χ0n) is 26.8. The van der Waals surface area contributed by atoms with Gasteiger partial charge in [0.25, 0.3) is 0 Å². The van der Waals surface area contributed by atoms with E-state index in [4.69, 9.17) is 4.74 Å². The van der Waals surface area contributed by atoms with Gasteiger partial charge in [0.2, 0.25) is 11.8 Å². The Bertz CT molecular complexity index is 1750. The van der Waals surface area contributed by atoms with Gasteiger partial charge in [0, 0.05) is 69.7 Å². The van der Waals surface area contributed by atoms with Crippen molar-refractivity contribution in [2.75, 3.05) is 76.4 Å². The van der Waals surface area contributed by atoms with Gasteiger partial charge in [0.15, 0.2) is 11.6 Å². The largest absolute Gasteiger partial charge is 0.453 e. The molecule has 0 atom stereocenters. The summed E-state index contributed by atoms with van der Waals surface area (Å²) < 4.78 is 54.3. The van der Waals surface area contributed by atoms with Gasteiger partial charge < -0.3 is 24.6 Å². The lowest BCUT2D eigenvalue weighted by Crippen LogP contribution is -2.73. The fourth-order valence-electron chi connectivity index (χ4n) is 6.34. The quantitative estimate of drug-likeness (QED) is 0.343. The summed E-state index contributed by atoms with van der Waals surface area (Å²) in [5.74, 6) is -0.422. The summed E-state index contributed by atoms with van der Waals surface area (Å²) in [7, 11) is 1.10. The smallest absolute Gasteiger partial charge is 0.417 e. The molecule has 256 valence electrons. The molecular formula is C31H36F3N9O5. The van der Waals surface area contributed by atoms with Gasteiger partial charge in [-0.2, -0.15) is 13.2 Å². The Morgan fingerprint density at radius 2 is 1.83 bits per heavy atom. The number of halogens is 3. The number of nitrogens with one attached hydrogen (secondary N) is 2. The number of hydrogen-bond donors (Lipinski definition) is 2. The molecule has 6 rings (SSSR count). The van der Waals surface area contributed by atoms with E-state index < -0.39 is 17.8 Å². The van der Waals surface area contributed by atoms with Gasteiger partial charge >= 0.3 is 12.3 Å². The number of alkyl halides is 3. The lowest BCUT2D eigenvalue weighted by atomic mass is 9.72. The molecule has 0 bridgehead atoms. The van der Waals surface area contributed by atoms with E-state index in [0.717, 1.165) is 43.6 Å². The number of methoxy groups -OCH3 is 1. The number of likely N-dealkylation sites (tertiary alicyclic amines) is 2. The highest BCUT2D eigenvalue weighted by atomic mass is 19.4. The lowest BCUT2D eigenvalue weighted by molar-refractivity contribution is -0.159. The van der Waals surface area contributed by atoms with Crippen LogP contribution in [0.3, 0.4) is 0 Å². The van der Waals surface area contributed by atoms with Crippen LogP contribution in [0.4, 0.5) is 29.6 Å². The average Bonchev–Trinajstić information content (AvgIpc) is 3.42. The maximum Gasteiger partial charge on any atom is 0.417 e. The fraction of sp³-hybridized carbons (Fsp3) is 0.484. The molecular weight excluding hydrogens is 635 g/mol. The van der Waals surface area contributed by atoms with E-state index in [2.05, 4.69) is 35.3 Å². The molecule has 0 unspecified atom stereocenters. The van der Waals surface area contributed by atoms with E-state index in [9.17, 15) is 27.6 Å². The molecule has 3 aliphatic rings. The number of ether oxygens (including phenoxy) is 2. The lowest BCUT2D eigenvalue weighted by Gasteiger charge is -2.60. The molecule has 6 heterocycles. The number of anilines is 2. The predicted octanol–water partition coefficient (Wildman–Crippen LogP) is 2.55. The molecule has 3 aromatic rings. The zero-order valence-corrected chi connectivity index (χ0v) is 26.8. The molecule has 17 heteroatoms. The molecule has 1 spiro atoms. The van der Waals surface area contributed by atoms with Crippen LogP contribution >= 0.6 is 0 Å². The molecule has 0 aliphatic carbocycles. The minimum absolute atomic E-state index is 0.0144. The number of rotatable bonds is 8. The van der Waals surface area contributed by atoms with E-state index in [1.54, 1.807) is 15.6 Å². The van der Waals surface area contributed by atoms with Gasteiger partial charge in [0.05, 0.1) is 38.0 Å². The summed E-state index contributed by atoms with van der Waals surface area (Å²) >= 11 is 0. The third kappa shape index (κ3) is 7.06. The third-order valence-electron chi connectivity index (χ3n) is 8.44. The minimum Gasteiger partial charge on any atom is -0.453 e. The van der Waals surface area contributed by atoms with Crippen molar-refractivity contribution in [2.45, 2.75) is 26.6 Å². The van der Waals surface area contributed by atoms with E-state index in [-0.39, 0.29) is 41.0 Å². The van der Waals surface area contributed by atoms with Gasteiger partial charge in [0.1, 0.15) is 11.3 Å². The molecule has 3 fully saturated rings. The van der Waals surface area contributed by atoms with Gasteiger partial charge in [-0.15, -0.1) is 5.10 Å². The third-order valence-corrected chi connectivity index (χ3v) is 8.44. The predicted molar refractivity (Wildman–Crippen MR) is 167 cm³/mol. The maximum atomic E-state index is 14.3. The second kappa shape index (κ2) is 13.0. The number of pyridine rings is 1. The number of hydrogen-bond acceptors (Lipinski definition) is 10. The summed E-state index contributed by atoms with van der Waals surface area (Å²) in [4.78, 5) is 50.5. The number of carbonyl (C=O) groups is 3. The van der Waals surface area contributed by atoms with Gasteiger partial charge in [-0.25, -0.2) is 19.3 Å². The highest BCUT2D eigenvalue weighted by Crippen LogP contribution is 2.41. The summed E-state index contributed by atoms with van der Waals surface area (Å²) in [6, 6.07) is 2.67. The van der Waals surface area contributed by atoms with Crippen LogP contribution in [0.1, 0.15) is 25.0 Å². The first kappa shape index (κ1) is 33.1. The molecule has 3 aromatic heterocycles. The molecule has 0 aromatic carbocycles. The minimum atomic E-state index is -4.79. The molecule has 0 radical (unpaired) electrons. The van der Waals surface area contributed by atoms with Crippen LogP contribution in [-0.2, 0) is 31.8 Å². The van der Waals surface area contributed by atoms with Crippen molar-refractivity contribution in [1.82, 2.24) is 34.7 Å². The molecule has 2 N–H and O–H groups in total. The molecule has 48 heavy (non-hydrogen) atoms. The van der Waals surface area contributed by atoms with Crippen molar-refractivity contribution < 1.29 is 37.0 Å². The summed E-state index contributed by atoms with van der Waals surface area (Å²) in [6.45, 7) is 8.87. The number of carbonyl (C=O) groups excluding carboxylic acids is 3. The number of allylic oxidation sites excluding steroid dienone is 1. The number of amides is 3. The van der Waals surface area contributed by atoms with Gasteiger partial charge in [-0.05, 0) is 31.5 Å². The summed E-state index contributed by atoms with van der Waals surface area (Å²) in [5, 5.41) is 9.27.